The van der Waals surface area contributed by atoms with Gasteiger partial charge in [-0.1, -0.05) is 206 Å². The predicted molar refractivity (Wildman–Crippen MR) is 335 cm³/mol. The van der Waals surface area contributed by atoms with Crippen LogP contribution in [-0.4, -0.2) is 9.13 Å². The molecule has 4 aliphatic rings. The lowest BCUT2D eigenvalue weighted by Crippen LogP contribution is -2.26. The first-order chi connectivity index (χ1) is 40.3. The van der Waals surface area contributed by atoms with Crippen LogP contribution < -0.4 is 9.80 Å². The van der Waals surface area contributed by atoms with Crippen molar-refractivity contribution in [2.24, 2.45) is 0 Å². The van der Waals surface area contributed by atoms with Crippen LogP contribution >= 0.6 is 0 Å². The molecule has 12 aromatic carbocycles. The number of rotatable bonds is 4. The largest absolute Gasteiger partial charge is 0.309 e. The minimum absolute atomic E-state index is 0.646. The lowest BCUT2D eigenvalue weighted by molar-refractivity contribution is 0.791. The zero-order valence-electron chi connectivity index (χ0n) is 44.0. The molecule has 4 nitrogen and oxygen atoms in total. The third kappa shape index (κ3) is 5.87. The Morgan fingerprint density at radius 2 is 0.543 bits per heavy atom. The van der Waals surface area contributed by atoms with Crippen molar-refractivity contribution < 1.29 is 0 Å². The first-order valence-corrected chi connectivity index (χ1v) is 28.1. The molecule has 2 aliphatic heterocycles. The summed E-state index contributed by atoms with van der Waals surface area (Å²) < 4.78 is 5.14. The summed E-state index contributed by atoms with van der Waals surface area (Å²) in [5.74, 6) is 0. The molecule has 81 heavy (non-hydrogen) atoms. The van der Waals surface area contributed by atoms with Crippen LogP contribution in [0.15, 0.2) is 291 Å². The van der Waals surface area contributed by atoms with E-state index in [1.807, 2.05) is 0 Å². The monoisotopic (exact) mass is 1030 g/mol. The molecule has 0 N–H and O–H groups in total. The van der Waals surface area contributed by atoms with Crippen LogP contribution in [0.25, 0.3) is 100 Å². The first kappa shape index (κ1) is 44.3. The molecular weight excluding hydrogens is 981 g/mol. The molecule has 0 fully saturated rings. The van der Waals surface area contributed by atoms with Crippen LogP contribution in [0.3, 0.4) is 0 Å². The Morgan fingerprint density at radius 3 is 0.975 bits per heavy atom. The van der Waals surface area contributed by atoms with Crippen molar-refractivity contribution in [1.29, 1.82) is 0 Å². The highest BCUT2D eigenvalue weighted by atomic mass is 15.2. The van der Waals surface area contributed by atoms with E-state index in [-0.39, 0.29) is 0 Å². The SMILES string of the molecule is c1ccc(N2c3ccccc3-c3c(n(-c4ccc5c(c4)C4(c6ccccc6-c6ccccc64)c4cc(-n6c7c(c8ccccc86)-c6ccccc6N(c6ccccc6)c6ccccc6-7)ccc4-5)c4ccccc34)-c3ccccc32)cc1. The lowest BCUT2D eigenvalue weighted by atomic mass is 9.70. The van der Waals surface area contributed by atoms with E-state index in [0.717, 1.165) is 45.5 Å². The molecular formula is C77H48N4. The summed E-state index contributed by atoms with van der Waals surface area (Å²) in [6, 6.07) is 109. The average molecular weight is 1030 g/mol. The molecule has 2 aromatic heterocycles. The Bertz CT molecular complexity index is 4650. The van der Waals surface area contributed by atoms with Crippen molar-refractivity contribution in [2.45, 2.75) is 5.41 Å². The van der Waals surface area contributed by atoms with E-state index in [2.05, 4.69) is 310 Å². The second-order valence-corrected chi connectivity index (χ2v) is 21.9. The van der Waals surface area contributed by atoms with Gasteiger partial charge in [0.2, 0.25) is 0 Å². The maximum absolute atomic E-state index is 2.57. The minimum atomic E-state index is -0.646. The highest BCUT2D eigenvalue weighted by molar-refractivity contribution is 6.15. The molecule has 2 aliphatic carbocycles. The highest BCUT2D eigenvalue weighted by Gasteiger charge is 2.52. The summed E-state index contributed by atoms with van der Waals surface area (Å²) in [7, 11) is 0. The van der Waals surface area contributed by atoms with E-state index in [0.29, 0.717) is 0 Å². The Balaban J connectivity index is 0.916. The van der Waals surface area contributed by atoms with Gasteiger partial charge in [-0.05, 0) is 129 Å². The molecule has 0 atom stereocenters. The van der Waals surface area contributed by atoms with E-state index in [4.69, 9.17) is 0 Å². The fourth-order valence-electron chi connectivity index (χ4n) is 14.9. The normalized spacial score (nSPS) is 13.5. The van der Waals surface area contributed by atoms with Crippen molar-refractivity contribution in [3.63, 3.8) is 0 Å². The van der Waals surface area contributed by atoms with Gasteiger partial charge in [-0.15, -0.1) is 0 Å². The van der Waals surface area contributed by atoms with E-state index in [1.54, 1.807) is 0 Å². The van der Waals surface area contributed by atoms with Crippen LogP contribution in [-0.2, 0) is 5.41 Å². The Labute approximate surface area is 469 Å². The molecule has 0 saturated carbocycles. The minimum Gasteiger partial charge on any atom is -0.309 e. The zero-order valence-corrected chi connectivity index (χ0v) is 44.0. The summed E-state index contributed by atoms with van der Waals surface area (Å²) in [5.41, 5.74) is 30.7. The molecule has 18 rings (SSSR count). The average Bonchev–Trinajstić information content (AvgIpc) is 2.18. The van der Waals surface area contributed by atoms with E-state index in [1.165, 1.54) is 111 Å². The van der Waals surface area contributed by atoms with Crippen molar-refractivity contribution in [3.8, 4) is 78.4 Å². The molecule has 0 amide bonds. The van der Waals surface area contributed by atoms with Gasteiger partial charge < -0.3 is 18.9 Å². The number of aromatic nitrogens is 2. The molecule has 376 valence electrons. The number of anilines is 6. The fraction of sp³-hybridized carbons (Fsp3) is 0.0130. The Kier molecular flexibility index (Phi) is 9.12. The van der Waals surface area contributed by atoms with E-state index >= 15 is 0 Å². The summed E-state index contributed by atoms with van der Waals surface area (Å²) in [6.45, 7) is 0. The fourth-order valence-corrected chi connectivity index (χ4v) is 14.9. The van der Waals surface area contributed by atoms with Gasteiger partial charge >= 0.3 is 0 Å². The van der Waals surface area contributed by atoms with Gasteiger partial charge in [-0.3, -0.25) is 0 Å². The van der Waals surface area contributed by atoms with Crippen molar-refractivity contribution in [1.82, 2.24) is 9.13 Å². The molecule has 4 heterocycles. The molecule has 14 aromatic rings. The van der Waals surface area contributed by atoms with Gasteiger partial charge in [0.25, 0.3) is 0 Å². The maximum Gasteiger partial charge on any atom is 0.0727 e. The second kappa shape index (κ2) is 16.7. The van der Waals surface area contributed by atoms with Crippen LogP contribution in [0.1, 0.15) is 22.3 Å². The van der Waals surface area contributed by atoms with Crippen molar-refractivity contribution in [2.75, 3.05) is 9.80 Å². The molecule has 1 spiro atoms. The van der Waals surface area contributed by atoms with E-state index < -0.39 is 5.41 Å². The Morgan fingerprint density at radius 1 is 0.222 bits per heavy atom. The zero-order chi connectivity index (χ0) is 52.9. The summed E-state index contributed by atoms with van der Waals surface area (Å²) >= 11 is 0. The van der Waals surface area contributed by atoms with Gasteiger partial charge in [-0.25, -0.2) is 0 Å². The van der Waals surface area contributed by atoms with Crippen molar-refractivity contribution >= 4 is 55.9 Å². The van der Waals surface area contributed by atoms with Crippen molar-refractivity contribution in [3.05, 3.63) is 313 Å². The molecule has 0 unspecified atom stereocenters. The Hall–Kier alpha value is -10.7. The maximum atomic E-state index is 2.57. The van der Waals surface area contributed by atoms with Gasteiger partial charge in [0.1, 0.15) is 0 Å². The smallest absolute Gasteiger partial charge is 0.0727 e. The van der Waals surface area contributed by atoms with Gasteiger partial charge in [0.05, 0.1) is 50.6 Å². The van der Waals surface area contributed by atoms with Crippen LogP contribution in [0.2, 0.25) is 0 Å². The second-order valence-electron chi connectivity index (χ2n) is 21.9. The molecule has 4 heteroatoms. The quantitative estimate of drug-likeness (QED) is 0.175. The lowest BCUT2D eigenvalue weighted by Gasteiger charge is -2.31. The predicted octanol–water partition coefficient (Wildman–Crippen LogP) is 20.2. The van der Waals surface area contributed by atoms with Gasteiger partial charge in [-0.2, -0.15) is 0 Å². The van der Waals surface area contributed by atoms with Gasteiger partial charge in [0.15, 0.2) is 0 Å². The summed E-state index contributed by atoms with van der Waals surface area (Å²) in [5, 5.41) is 2.44. The van der Waals surface area contributed by atoms with E-state index in [9.17, 15) is 0 Å². The topological polar surface area (TPSA) is 16.3 Å². The number of benzene rings is 12. The van der Waals surface area contributed by atoms with Crippen LogP contribution in [0.5, 0.6) is 0 Å². The van der Waals surface area contributed by atoms with Crippen LogP contribution in [0, 0.1) is 0 Å². The number of fused-ring (bicyclic) bond motifs is 24. The number of hydrogen-bond acceptors (Lipinski definition) is 2. The van der Waals surface area contributed by atoms with Gasteiger partial charge in [0, 0.05) is 66.9 Å². The molecule has 0 saturated heterocycles. The third-order valence-electron chi connectivity index (χ3n) is 18.0. The summed E-state index contributed by atoms with van der Waals surface area (Å²) in [4.78, 5) is 4.90. The van der Waals surface area contributed by atoms with Crippen LogP contribution in [0.4, 0.5) is 34.1 Å². The standard InChI is InChI=1S/C77H48N4/c1-3-23-49(24-4-1)78-67-37-17-9-29-57(67)73-59-31-11-19-39-69(59)80(75(73)61-33-13-21-41-71(61)78)51-43-45-55-56-46-44-52(48-66(56)77(65(55)47-51)63-35-15-7-27-53(63)54-28-8-16-36-64(54)77)81-70-40-20-12-32-60(70)74-58-30-10-18-38-68(58)79(50-25-5-2-6-26-50)72-42-22-14-34-62(72)76(74)81/h1-48H. The first-order valence-electron chi connectivity index (χ1n) is 28.1. The third-order valence-corrected chi connectivity index (χ3v) is 18.0. The number of para-hydroxylation sites is 8. The molecule has 0 bridgehead atoms. The summed E-state index contributed by atoms with van der Waals surface area (Å²) in [6.07, 6.45) is 0. The number of hydrogen-bond donors (Lipinski definition) is 0. The number of nitrogens with zero attached hydrogens (tertiary/aromatic N) is 4. The molecule has 0 radical (unpaired) electrons. The highest BCUT2D eigenvalue weighted by Crippen LogP contribution is 2.64.